The van der Waals surface area contributed by atoms with Crippen LogP contribution < -0.4 is 33.8 Å². The Kier molecular flexibility index (Phi) is 31.1. The average molecular weight is 1640 g/mol. The van der Waals surface area contributed by atoms with Gasteiger partial charge in [0.2, 0.25) is 17.1 Å². The Morgan fingerprint density at radius 3 is 0.963 bits per heavy atom. The molecule has 0 aliphatic carbocycles. The summed E-state index contributed by atoms with van der Waals surface area (Å²) in [4.78, 5) is 172. The van der Waals surface area contributed by atoms with E-state index in [1.807, 2.05) is 0 Å². The van der Waals surface area contributed by atoms with Gasteiger partial charge in [-0.2, -0.15) is 0 Å². The lowest BCUT2D eigenvalue weighted by molar-refractivity contribution is -0.112. The number of aromatic nitrogens is 3. The second kappa shape index (κ2) is 38.7. The lowest BCUT2D eigenvalue weighted by Gasteiger charge is -1.96. The highest BCUT2D eigenvalue weighted by Gasteiger charge is 2.23. The third-order valence-corrected chi connectivity index (χ3v) is 21.0. The first-order valence-corrected chi connectivity index (χ1v) is 37.7. The van der Waals surface area contributed by atoms with Crippen LogP contribution in [0.5, 0.6) is 0 Å². The summed E-state index contributed by atoms with van der Waals surface area (Å²) in [7, 11) is 30.5. The molecule has 12 heterocycles. The fraction of sp³-hybridized carbons (Fsp3) is 0.242. The van der Waals surface area contributed by atoms with Gasteiger partial charge in [0.15, 0.2) is 15.7 Å². The van der Waals surface area contributed by atoms with Crippen molar-refractivity contribution >= 4 is 242 Å². The zero-order valence-corrected chi connectivity index (χ0v) is 62.7. The fourth-order valence-electron chi connectivity index (χ4n) is 8.46. The number of nitrogens with zero attached hydrogens (tertiary/aromatic N) is 3. The van der Waals surface area contributed by atoms with Crippen molar-refractivity contribution in [2.75, 3.05) is 42.7 Å². The van der Waals surface area contributed by atoms with Crippen molar-refractivity contribution in [1.82, 2.24) is 15.0 Å². The second-order valence-electron chi connectivity index (χ2n) is 20.8. The molecule has 12 aromatic rings. The fourth-order valence-corrected chi connectivity index (χ4v) is 16.4. The minimum atomic E-state index is -3.73. The number of carbonyl (C=O) groups is 8. The van der Waals surface area contributed by atoms with E-state index in [-0.39, 0.29) is 87.1 Å². The van der Waals surface area contributed by atoms with Crippen LogP contribution in [0.15, 0.2) is 110 Å². The number of ether oxygens (including phenoxy) is 6. The van der Waals surface area contributed by atoms with Crippen molar-refractivity contribution in [1.29, 1.82) is 0 Å². The van der Waals surface area contributed by atoms with Crippen LogP contribution >= 0.6 is 68.0 Å². The molecular formula is C62H47B6N3O30S8. The quantitative estimate of drug-likeness (QED) is 0.0589. The van der Waals surface area contributed by atoms with Gasteiger partial charge < -0.3 is 64.5 Å². The number of esters is 6. The Morgan fingerprint density at radius 2 is 0.633 bits per heavy atom. The highest BCUT2D eigenvalue weighted by Crippen LogP contribution is 2.30. The number of rotatable bonds is 18. The number of thiophene rings is 3. The van der Waals surface area contributed by atoms with Crippen LogP contribution in [0, 0.1) is 0 Å². The normalized spacial score (nSPS) is 10.8. The molecule has 0 saturated heterocycles. The van der Waals surface area contributed by atoms with Crippen molar-refractivity contribution in [3.63, 3.8) is 0 Å². The number of hydrogen-bond donors (Lipinski definition) is 0. The van der Waals surface area contributed by atoms with Gasteiger partial charge in [-0.1, -0.05) is 20.1 Å². The smallest absolute Gasteiger partial charge is 0.352 e. The van der Waals surface area contributed by atoms with Gasteiger partial charge in [-0.15, -0.1) is 68.0 Å². The van der Waals surface area contributed by atoms with E-state index in [1.54, 1.807) is 12.1 Å². The van der Waals surface area contributed by atoms with Crippen molar-refractivity contribution in [2.24, 2.45) is 0 Å². The minimum absolute atomic E-state index is 0. The van der Waals surface area contributed by atoms with Gasteiger partial charge in [0.25, 0.3) is 14.2 Å². The number of fused-ring (bicyclic) bond motifs is 6. The lowest BCUT2D eigenvalue weighted by Crippen LogP contribution is -2.14. The van der Waals surface area contributed by atoms with Crippen LogP contribution in [0.1, 0.15) is 99.2 Å². The molecule has 12 aromatic heterocycles. The van der Waals surface area contributed by atoms with Gasteiger partial charge in [0, 0.05) is 27.5 Å². The minimum Gasteiger partial charge on any atom is -0.465 e. The van der Waals surface area contributed by atoms with E-state index in [4.69, 9.17) is 72.1 Å². The summed E-state index contributed by atoms with van der Waals surface area (Å²) >= 11 is 7.19. The van der Waals surface area contributed by atoms with E-state index in [1.165, 1.54) is 97.8 Å². The average Bonchev–Trinajstić information content (AvgIpc) is 2.27. The van der Waals surface area contributed by atoms with Gasteiger partial charge in [-0.3, -0.25) is 0 Å². The SMILES string of the molecule is C.[B]C(=O)Cc1cc2oc(=O)c(C(=O)OC)cc2s1.[B]C(=O)Cc1nc2oc(=O)c(C(=O)OC)cc2s1.[B]CCc1cc2oc(=O)c(C(=O)OC)cc2s1.[B]CCc1nc2oc(=O)c(C(=O)OC)cc2s1.[B]S(=O)(=O)Cc1cc2oc(=O)c(C(=O)OC)cc2s1.[B]S(=O)(=O)Cc1nc2oc(=O)c(C(=O)OC)cc2s1. The predicted octanol–water partition coefficient (Wildman–Crippen LogP) is 5.40. The third-order valence-electron chi connectivity index (χ3n) is 13.0. The topological polar surface area (TPSA) is 480 Å². The molecule has 0 aliphatic heterocycles. The van der Waals surface area contributed by atoms with E-state index >= 15 is 0 Å². The summed E-state index contributed by atoms with van der Waals surface area (Å²) in [5, 5.41) is 1.36. The second-order valence-corrected chi connectivity index (χ2v) is 30.8. The van der Waals surface area contributed by atoms with Crippen LogP contribution in [0.3, 0.4) is 0 Å². The molecule has 0 aromatic carbocycles. The van der Waals surface area contributed by atoms with Crippen LogP contribution in [0.2, 0.25) is 12.6 Å². The number of thiazole rings is 3. The standard InChI is InChI=1S/C11H7BO5S.C11H9BO4S.C10H6BNO5S.C10H8BNO4S.C10H7BO6S2.C9H6BNO6S2.CH4/c1-16-10(14)6-4-8-7(17-11(6)15)2-5(18-8)3-9(12)13;1-15-10(13)7-5-9-8(16-11(7)14)4-6(17-9)2-3-12;1-16-9(14)4-2-5-8(17-10(4)15)12-7(18-5)3-6(11)13;1-15-9(13)5-4-6-8(16-10(5)14)12-7(17-6)2-3-11;1-16-9(12)6-3-8-7(17-10(6)13)2-5(18-8)4-19(11,14)15;1-16-8(12)4-2-5-7(17-9(4)13)11-6(18-5)3-19(10,14)15;/h2,4H,3H2,1H3;4-5H,2-3H2,1H3;2H,3H2,1H3;4H,2-3H2,1H3;2-3H,4H2,1H3;2H,3H2,1H3;1H4. The summed E-state index contributed by atoms with van der Waals surface area (Å²) in [5.41, 5.74) is -5.57. The van der Waals surface area contributed by atoms with Crippen LogP contribution in [0.4, 0.5) is 0 Å². The lowest BCUT2D eigenvalue weighted by atomic mass is 9.99. The Morgan fingerprint density at radius 1 is 0.358 bits per heavy atom. The highest BCUT2D eigenvalue weighted by molar-refractivity contribution is 8.12. The molecule has 0 amide bonds. The molecule has 47 heteroatoms. The molecule has 0 unspecified atom stereocenters. The van der Waals surface area contributed by atoms with E-state index in [2.05, 4.69) is 43.4 Å². The summed E-state index contributed by atoms with van der Waals surface area (Å²) in [5.74, 6) is -5.41. The molecule has 0 spiro atoms. The molecule has 109 heavy (non-hydrogen) atoms. The number of aryl methyl sites for hydroxylation is 2. The molecule has 12 radical (unpaired) electrons. The summed E-state index contributed by atoms with van der Waals surface area (Å²) in [6.45, 7) is 0. The van der Waals surface area contributed by atoms with Crippen LogP contribution in [0.25, 0.3) is 62.1 Å². The number of carbonyl (C=O) groups excluding carboxylic acids is 8. The Hall–Kier alpha value is -10.3. The van der Waals surface area contributed by atoms with Gasteiger partial charge >= 0.3 is 69.6 Å². The van der Waals surface area contributed by atoms with E-state index in [0.29, 0.717) is 68.5 Å². The molecule has 0 aliphatic rings. The molecule has 0 fully saturated rings. The van der Waals surface area contributed by atoms with Gasteiger partial charge in [0.05, 0.1) is 134 Å². The maximum absolute atomic E-state index is 11.5. The number of hydrogen-bond acceptors (Lipinski definition) is 39. The Bertz CT molecular complexity index is 5750. The van der Waals surface area contributed by atoms with Gasteiger partial charge in [-0.05, 0) is 67.4 Å². The maximum Gasteiger partial charge on any atom is 0.352 e. The van der Waals surface area contributed by atoms with Gasteiger partial charge in [0.1, 0.15) is 60.1 Å². The molecular weight excluding hydrogens is 1590 g/mol. The Labute approximate surface area is 642 Å². The summed E-state index contributed by atoms with van der Waals surface area (Å²) in [6, 6.07) is 13.0. The molecule has 0 bridgehead atoms. The first-order chi connectivity index (χ1) is 50.9. The molecule has 0 saturated carbocycles. The molecule has 12 rings (SSSR count). The van der Waals surface area contributed by atoms with Gasteiger partial charge in [-0.25, -0.2) is 89.3 Å². The maximum atomic E-state index is 11.5. The zero-order valence-electron chi connectivity index (χ0n) is 56.2. The zero-order chi connectivity index (χ0) is 79.8. The van der Waals surface area contributed by atoms with E-state index in [9.17, 15) is 84.0 Å². The first kappa shape index (κ1) is 87.6. The van der Waals surface area contributed by atoms with Crippen molar-refractivity contribution < 1.29 is 110 Å². The van der Waals surface area contributed by atoms with Crippen LogP contribution in [-0.4, -0.2) is 167 Å². The molecule has 0 atom stereocenters. The van der Waals surface area contributed by atoms with Crippen molar-refractivity contribution in [3.05, 3.63) is 180 Å². The van der Waals surface area contributed by atoms with Crippen molar-refractivity contribution in [3.8, 4) is 0 Å². The summed E-state index contributed by atoms with van der Waals surface area (Å²) in [6.07, 6.45) is 2.34. The molecule has 33 nitrogen and oxygen atoms in total. The highest BCUT2D eigenvalue weighted by atomic mass is 32.2. The van der Waals surface area contributed by atoms with Crippen LogP contribution in [-0.2, 0) is 94.6 Å². The van der Waals surface area contributed by atoms with E-state index < -0.39 is 106 Å². The molecule has 556 valence electrons. The monoisotopic (exact) mass is 1640 g/mol. The third kappa shape index (κ3) is 23.8. The Balaban J connectivity index is 0.000000204. The van der Waals surface area contributed by atoms with E-state index in [0.717, 1.165) is 76.3 Å². The summed E-state index contributed by atoms with van der Waals surface area (Å²) < 4.78 is 104. The predicted molar refractivity (Wildman–Crippen MR) is 405 cm³/mol. The first-order valence-electron chi connectivity index (χ1n) is 29.4. The van der Waals surface area contributed by atoms with Crippen molar-refractivity contribution in [2.45, 2.75) is 57.3 Å². The number of methoxy groups -OCH3 is 6. The molecule has 0 N–H and O–H groups in total. The largest absolute Gasteiger partial charge is 0.465 e.